The van der Waals surface area contributed by atoms with Crippen LogP contribution in [0.1, 0.15) is 49.7 Å². The minimum atomic E-state index is 0.0667. The van der Waals surface area contributed by atoms with Crippen molar-refractivity contribution in [1.29, 1.82) is 0 Å². The molecule has 0 amide bonds. The standard InChI is InChI=1S/C18H27N5O/c1-4-22(5-2)17(15-10-8-14(3)9-11-15)18-19-20-21-23(18)13-16-7-6-12-24-16/h8-11,16-17H,4-7,12-13H2,1-3H3/t16-,17+/m0/s1. The smallest absolute Gasteiger partial charge is 0.173 e. The van der Waals surface area contributed by atoms with Crippen molar-refractivity contribution in [3.8, 4) is 0 Å². The highest BCUT2D eigenvalue weighted by Crippen LogP contribution is 2.27. The van der Waals surface area contributed by atoms with Gasteiger partial charge >= 0.3 is 0 Å². The van der Waals surface area contributed by atoms with Crippen LogP contribution in [0.15, 0.2) is 24.3 Å². The van der Waals surface area contributed by atoms with Crippen LogP contribution in [0.5, 0.6) is 0 Å². The van der Waals surface area contributed by atoms with E-state index in [0.717, 1.165) is 44.9 Å². The first kappa shape index (κ1) is 17.0. The van der Waals surface area contributed by atoms with Crippen LogP contribution < -0.4 is 0 Å². The fraction of sp³-hybridized carbons (Fsp3) is 0.611. The molecule has 1 fully saturated rings. The highest BCUT2D eigenvalue weighted by Gasteiger charge is 2.27. The van der Waals surface area contributed by atoms with Gasteiger partial charge < -0.3 is 4.74 Å². The predicted octanol–water partition coefficient (Wildman–Crippen LogP) is 2.59. The number of aromatic nitrogens is 4. The molecule has 130 valence electrons. The number of nitrogens with zero attached hydrogens (tertiary/aromatic N) is 5. The first-order chi connectivity index (χ1) is 11.7. The van der Waals surface area contributed by atoms with Crippen molar-refractivity contribution in [1.82, 2.24) is 25.1 Å². The molecule has 1 aromatic heterocycles. The maximum absolute atomic E-state index is 5.77. The highest BCUT2D eigenvalue weighted by molar-refractivity contribution is 5.28. The molecule has 0 radical (unpaired) electrons. The van der Waals surface area contributed by atoms with Crippen molar-refractivity contribution >= 4 is 0 Å². The summed E-state index contributed by atoms with van der Waals surface area (Å²) >= 11 is 0. The lowest BCUT2D eigenvalue weighted by Gasteiger charge is -2.29. The van der Waals surface area contributed by atoms with Crippen LogP contribution in [-0.4, -0.2) is 50.9 Å². The lowest BCUT2D eigenvalue weighted by Crippen LogP contribution is -2.32. The van der Waals surface area contributed by atoms with E-state index in [9.17, 15) is 0 Å². The monoisotopic (exact) mass is 329 g/mol. The Kier molecular flexibility index (Phi) is 5.58. The van der Waals surface area contributed by atoms with Crippen LogP contribution in [0.4, 0.5) is 0 Å². The number of tetrazole rings is 1. The molecular formula is C18H27N5O. The van der Waals surface area contributed by atoms with Gasteiger partial charge in [0.15, 0.2) is 5.82 Å². The predicted molar refractivity (Wildman–Crippen MR) is 92.7 cm³/mol. The third kappa shape index (κ3) is 3.65. The van der Waals surface area contributed by atoms with Gasteiger partial charge in [-0.25, -0.2) is 4.68 Å². The molecule has 0 N–H and O–H groups in total. The second kappa shape index (κ2) is 7.85. The molecule has 1 aliphatic heterocycles. The second-order valence-corrected chi connectivity index (χ2v) is 6.39. The van der Waals surface area contributed by atoms with E-state index in [4.69, 9.17) is 4.74 Å². The Balaban J connectivity index is 1.93. The Hall–Kier alpha value is -1.79. The van der Waals surface area contributed by atoms with E-state index in [1.807, 2.05) is 4.68 Å². The van der Waals surface area contributed by atoms with E-state index in [2.05, 4.69) is 65.5 Å². The van der Waals surface area contributed by atoms with Crippen molar-refractivity contribution in [2.75, 3.05) is 19.7 Å². The first-order valence-electron chi connectivity index (χ1n) is 8.91. The zero-order chi connectivity index (χ0) is 16.9. The van der Waals surface area contributed by atoms with Gasteiger partial charge in [0, 0.05) is 6.61 Å². The summed E-state index contributed by atoms with van der Waals surface area (Å²) in [4.78, 5) is 2.39. The van der Waals surface area contributed by atoms with E-state index in [1.54, 1.807) is 0 Å². The molecule has 24 heavy (non-hydrogen) atoms. The topological polar surface area (TPSA) is 56.1 Å². The van der Waals surface area contributed by atoms with Gasteiger partial charge in [0.05, 0.1) is 18.7 Å². The molecule has 6 nitrogen and oxygen atoms in total. The average Bonchev–Trinajstić information content (AvgIpc) is 3.26. The van der Waals surface area contributed by atoms with Crippen LogP contribution in [0, 0.1) is 6.92 Å². The molecule has 1 aromatic carbocycles. The second-order valence-electron chi connectivity index (χ2n) is 6.39. The van der Waals surface area contributed by atoms with E-state index in [0.29, 0.717) is 0 Å². The molecule has 0 aliphatic carbocycles. The molecule has 3 rings (SSSR count). The van der Waals surface area contributed by atoms with Crippen molar-refractivity contribution in [3.63, 3.8) is 0 Å². The highest BCUT2D eigenvalue weighted by atomic mass is 16.5. The minimum Gasteiger partial charge on any atom is -0.376 e. The zero-order valence-corrected chi connectivity index (χ0v) is 14.9. The molecule has 0 bridgehead atoms. The fourth-order valence-electron chi connectivity index (χ4n) is 3.38. The number of hydrogen-bond donors (Lipinski definition) is 0. The molecule has 2 atom stereocenters. The third-order valence-corrected chi connectivity index (χ3v) is 4.78. The van der Waals surface area contributed by atoms with Crippen LogP contribution in [0.3, 0.4) is 0 Å². The maximum Gasteiger partial charge on any atom is 0.173 e. The van der Waals surface area contributed by atoms with Gasteiger partial charge in [-0.05, 0) is 48.8 Å². The van der Waals surface area contributed by atoms with Crippen LogP contribution >= 0.6 is 0 Å². The molecule has 1 aliphatic rings. The Labute approximate surface area is 143 Å². The SMILES string of the molecule is CCN(CC)[C@H](c1ccc(C)cc1)c1nnnn1C[C@@H]1CCCO1. The van der Waals surface area contributed by atoms with Crippen molar-refractivity contribution in [3.05, 3.63) is 41.2 Å². The summed E-state index contributed by atoms with van der Waals surface area (Å²) in [5.41, 5.74) is 2.49. The zero-order valence-electron chi connectivity index (χ0n) is 14.9. The normalized spacial score (nSPS) is 19.1. The van der Waals surface area contributed by atoms with Gasteiger partial charge in [-0.2, -0.15) is 0 Å². The summed E-state index contributed by atoms with van der Waals surface area (Å²) in [5.74, 6) is 0.901. The van der Waals surface area contributed by atoms with Gasteiger partial charge in [0.2, 0.25) is 0 Å². The molecule has 6 heteroatoms. The van der Waals surface area contributed by atoms with E-state index in [-0.39, 0.29) is 12.1 Å². The number of hydrogen-bond acceptors (Lipinski definition) is 5. The van der Waals surface area contributed by atoms with Crippen molar-refractivity contribution < 1.29 is 4.74 Å². The third-order valence-electron chi connectivity index (χ3n) is 4.78. The Morgan fingerprint density at radius 3 is 2.62 bits per heavy atom. The van der Waals surface area contributed by atoms with Crippen LogP contribution in [-0.2, 0) is 11.3 Å². The average molecular weight is 329 g/mol. The maximum atomic E-state index is 5.77. The minimum absolute atomic E-state index is 0.0667. The first-order valence-corrected chi connectivity index (χ1v) is 8.91. The van der Waals surface area contributed by atoms with Gasteiger partial charge in [0.1, 0.15) is 0 Å². The van der Waals surface area contributed by atoms with E-state index >= 15 is 0 Å². The number of rotatable bonds is 7. The van der Waals surface area contributed by atoms with Crippen molar-refractivity contribution in [2.45, 2.75) is 52.3 Å². The molecule has 2 aromatic rings. The number of benzene rings is 1. The number of aryl methyl sites for hydroxylation is 1. The summed E-state index contributed by atoms with van der Waals surface area (Å²) in [6.45, 7) is 9.94. The van der Waals surface area contributed by atoms with Gasteiger partial charge in [-0.15, -0.1) is 5.10 Å². The molecule has 1 saturated heterocycles. The van der Waals surface area contributed by atoms with E-state index < -0.39 is 0 Å². The molecule has 2 heterocycles. The summed E-state index contributed by atoms with van der Waals surface area (Å²) in [6.07, 6.45) is 2.43. The van der Waals surface area contributed by atoms with Crippen molar-refractivity contribution in [2.24, 2.45) is 0 Å². The molecule has 0 saturated carbocycles. The fourth-order valence-corrected chi connectivity index (χ4v) is 3.38. The Bertz CT molecular complexity index is 629. The molecule has 0 spiro atoms. The number of ether oxygens (including phenoxy) is 1. The quantitative estimate of drug-likeness (QED) is 0.781. The van der Waals surface area contributed by atoms with Gasteiger partial charge in [0.25, 0.3) is 0 Å². The molecular weight excluding hydrogens is 302 g/mol. The summed E-state index contributed by atoms with van der Waals surface area (Å²) < 4.78 is 7.69. The van der Waals surface area contributed by atoms with Gasteiger partial charge in [-0.3, -0.25) is 4.90 Å². The largest absolute Gasteiger partial charge is 0.376 e. The van der Waals surface area contributed by atoms with E-state index in [1.165, 1.54) is 11.1 Å². The van der Waals surface area contributed by atoms with Gasteiger partial charge in [-0.1, -0.05) is 43.7 Å². The Morgan fingerprint density at radius 1 is 1.25 bits per heavy atom. The van der Waals surface area contributed by atoms with Crippen LogP contribution in [0.2, 0.25) is 0 Å². The van der Waals surface area contributed by atoms with Crippen LogP contribution in [0.25, 0.3) is 0 Å². The lowest BCUT2D eigenvalue weighted by atomic mass is 10.0. The Morgan fingerprint density at radius 2 is 2.00 bits per heavy atom. The molecule has 0 unspecified atom stereocenters. The summed E-state index contributed by atoms with van der Waals surface area (Å²) in [5, 5.41) is 12.6. The summed E-state index contributed by atoms with van der Waals surface area (Å²) in [7, 11) is 0. The summed E-state index contributed by atoms with van der Waals surface area (Å²) in [6, 6.07) is 8.74. The lowest BCUT2D eigenvalue weighted by molar-refractivity contribution is 0.0910.